The van der Waals surface area contributed by atoms with Crippen molar-refractivity contribution in [1.82, 2.24) is 5.32 Å². The Balaban J connectivity index is 0.00000147. The third-order valence-corrected chi connectivity index (χ3v) is 4.01. The summed E-state index contributed by atoms with van der Waals surface area (Å²) in [5.41, 5.74) is 0.968. The Morgan fingerprint density at radius 2 is 2.05 bits per heavy atom. The van der Waals surface area contributed by atoms with Crippen LogP contribution in [0.25, 0.3) is 0 Å². The first-order valence-electron chi connectivity index (χ1n) is 6.94. The van der Waals surface area contributed by atoms with E-state index < -0.39 is 6.16 Å². The van der Waals surface area contributed by atoms with Crippen LogP contribution in [-0.2, 0) is 16.1 Å². The molecule has 1 aromatic rings. The minimum Gasteiger partial charge on any atom is -0.429 e. The number of hydrogen-bond donors (Lipinski definition) is 1. The highest BCUT2D eigenvalue weighted by Gasteiger charge is 2.38. The van der Waals surface area contributed by atoms with E-state index in [2.05, 4.69) is 5.32 Å². The lowest BCUT2D eigenvalue weighted by Gasteiger charge is -2.14. The van der Waals surface area contributed by atoms with Gasteiger partial charge in [-0.3, -0.25) is 5.32 Å². The molecule has 0 spiro atoms. The number of carbonyl (C=O) groups excluding carboxylic acids is 1. The molecule has 3 rings (SSSR count). The zero-order valence-electron chi connectivity index (χ0n) is 11.3. The predicted octanol–water partition coefficient (Wildman–Crippen LogP) is 3.25. The zero-order valence-corrected chi connectivity index (χ0v) is 12.1. The largest absolute Gasteiger partial charge is 0.510 e. The molecule has 5 heteroatoms. The van der Waals surface area contributed by atoms with E-state index in [1.54, 1.807) is 0 Å². The van der Waals surface area contributed by atoms with Gasteiger partial charge >= 0.3 is 6.16 Å². The summed E-state index contributed by atoms with van der Waals surface area (Å²) in [5, 5.41) is 3.36. The number of benzene rings is 1. The van der Waals surface area contributed by atoms with Crippen molar-refractivity contribution in [3.05, 3.63) is 35.9 Å². The highest BCUT2D eigenvalue weighted by molar-refractivity contribution is 5.85. The van der Waals surface area contributed by atoms with Gasteiger partial charge in [0.25, 0.3) is 0 Å². The summed E-state index contributed by atoms with van der Waals surface area (Å²) in [5.74, 6) is 0.673. The van der Waals surface area contributed by atoms with E-state index in [1.165, 1.54) is 19.3 Å². The lowest BCUT2D eigenvalue weighted by molar-refractivity contribution is 0.0116. The van der Waals surface area contributed by atoms with E-state index in [9.17, 15) is 4.79 Å². The molecule has 4 nitrogen and oxygen atoms in total. The van der Waals surface area contributed by atoms with Crippen molar-refractivity contribution in [3.63, 3.8) is 0 Å². The molecule has 0 radical (unpaired) electrons. The quantitative estimate of drug-likeness (QED) is 0.870. The van der Waals surface area contributed by atoms with Crippen LogP contribution in [-0.4, -0.2) is 18.4 Å². The first-order chi connectivity index (χ1) is 9.31. The van der Waals surface area contributed by atoms with Crippen LogP contribution in [0, 0.1) is 5.92 Å². The molecule has 1 aliphatic carbocycles. The van der Waals surface area contributed by atoms with Gasteiger partial charge in [0.1, 0.15) is 6.61 Å². The molecule has 1 aromatic carbocycles. The van der Waals surface area contributed by atoms with Crippen LogP contribution < -0.4 is 5.32 Å². The first-order valence-corrected chi connectivity index (χ1v) is 6.94. The average Bonchev–Trinajstić information content (AvgIpc) is 2.98. The Labute approximate surface area is 125 Å². The van der Waals surface area contributed by atoms with Crippen LogP contribution in [0.3, 0.4) is 0 Å². The van der Waals surface area contributed by atoms with Crippen LogP contribution >= 0.6 is 12.4 Å². The third-order valence-electron chi connectivity index (χ3n) is 4.01. The van der Waals surface area contributed by atoms with Crippen molar-refractivity contribution in [2.24, 2.45) is 5.92 Å². The van der Waals surface area contributed by atoms with Crippen molar-refractivity contribution in [2.75, 3.05) is 0 Å². The summed E-state index contributed by atoms with van der Waals surface area (Å²) in [7, 11) is 0. The highest BCUT2D eigenvalue weighted by atomic mass is 35.5. The van der Waals surface area contributed by atoms with Crippen LogP contribution in [0.1, 0.15) is 31.2 Å². The Morgan fingerprint density at radius 1 is 1.25 bits per heavy atom. The highest BCUT2D eigenvalue weighted by Crippen LogP contribution is 2.34. The van der Waals surface area contributed by atoms with Gasteiger partial charge in [0.15, 0.2) is 6.23 Å². The van der Waals surface area contributed by atoms with E-state index in [4.69, 9.17) is 9.47 Å². The normalized spacial score (nSPS) is 27.5. The van der Waals surface area contributed by atoms with E-state index >= 15 is 0 Å². The zero-order chi connectivity index (χ0) is 13.1. The molecule has 0 bridgehead atoms. The van der Waals surface area contributed by atoms with Gasteiger partial charge in [-0.2, -0.15) is 0 Å². The second-order valence-electron chi connectivity index (χ2n) is 5.33. The molecular formula is C15H20ClNO3. The summed E-state index contributed by atoms with van der Waals surface area (Å²) < 4.78 is 10.4. The summed E-state index contributed by atoms with van der Waals surface area (Å²) in [6.45, 7) is 0.263. The van der Waals surface area contributed by atoms with Gasteiger partial charge < -0.3 is 9.47 Å². The lowest BCUT2D eigenvalue weighted by Crippen LogP contribution is -2.33. The number of ether oxygens (including phenoxy) is 2. The molecule has 1 saturated carbocycles. The first kappa shape index (κ1) is 15.1. The molecule has 3 unspecified atom stereocenters. The molecule has 3 atom stereocenters. The van der Waals surface area contributed by atoms with Crippen molar-refractivity contribution in [1.29, 1.82) is 0 Å². The van der Waals surface area contributed by atoms with Crippen LogP contribution in [0.4, 0.5) is 4.79 Å². The lowest BCUT2D eigenvalue weighted by atomic mass is 10.0. The summed E-state index contributed by atoms with van der Waals surface area (Å²) in [6, 6.07) is 10.2. The monoisotopic (exact) mass is 297 g/mol. The second-order valence-corrected chi connectivity index (χ2v) is 5.33. The van der Waals surface area contributed by atoms with Crippen LogP contribution in [0.5, 0.6) is 0 Å². The number of halogens is 1. The maximum absolute atomic E-state index is 11.6. The topological polar surface area (TPSA) is 47.6 Å². The smallest absolute Gasteiger partial charge is 0.429 e. The van der Waals surface area contributed by atoms with Crippen molar-refractivity contribution in [3.8, 4) is 0 Å². The van der Waals surface area contributed by atoms with Crippen molar-refractivity contribution >= 4 is 18.6 Å². The molecule has 0 amide bonds. The number of nitrogens with one attached hydrogen (secondary N) is 1. The van der Waals surface area contributed by atoms with Crippen LogP contribution in [0.2, 0.25) is 0 Å². The molecule has 1 saturated heterocycles. The Morgan fingerprint density at radius 3 is 2.80 bits per heavy atom. The van der Waals surface area contributed by atoms with Crippen molar-refractivity contribution < 1.29 is 14.3 Å². The minimum atomic E-state index is -0.582. The van der Waals surface area contributed by atoms with Gasteiger partial charge in [0, 0.05) is 12.5 Å². The standard InChI is InChI=1S/C15H19NO3.ClH/c17-15(18-10-11-5-2-1-3-6-11)19-14-9-12-7-4-8-13(12)16-14;/h1-3,5-6,12-14,16H,4,7-10H2;1H. The average molecular weight is 298 g/mol. The van der Waals surface area contributed by atoms with Crippen molar-refractivity contribution in [2.45, 2.75) is 44.6 Å². The molecule has 0 aromatic heterocycles. The predicted molar refractivity (Wildman–Crippen MR) is 77.6 cm³/mol. The Bertz CT molecular complexity index is 428. The van der Waals surface area contributed by atoms with E-state index in [1.807, 2.05) is 30.3 Å². The Kier molecular flexibility index (Phi) is 5.26. The van der Waals surface area contributed by atoms with Gasteiger partial charge in [-0.25, -0.2) is 4.79 Å². The van der Waals surface area contributed by atoms with E-state index in [-0.39, 0.29) is 25.2 Å². The van der Waals surface area contributed by atoms with Gasteiger partial charge in [-0.15, -0.1) is 12.4 Å². The summed E-state index contributed by atoms with van der Waals surface area (Å²) in [4.78, 5) is 11.6. The molecule has 1 N–H and O–H groups in total. The third kappa shape index (κ3) is 3.64. The molecular weight excluding hydrogens is 278 g/mol. The fraction of sp³-hybridized carbons (Fsp3) is 0.533. The van der Waals surface area contributed by atoms with Gasteiger partial charge in [-0.05, 0) is 24.3 Å². The maximum Gasteiger partial charge on any atom is 0.510 e. The number of rotatable bonds is 3. The summed E-state index contributed by atoms with van der Waals surface area (Å²) >= 11 is 0. The maximum atomic E-state index is 11.6. The molecule has 1 heterocycles. The number of hydrogen-bond acceptors (Lipinski definition) is 4. The molecule has 2 aliphatic rings. The number of carbonyl (C=O) groups is 1. The van der Waals surface area contributed by atoms with Gasteiger partial charge in [-0.1, -0.05) is 36.8 Å². The fourth-order valence-electron chi connectivity index (χ4n) is 3.07. The summed E-state index contributed by atoms with van der Waals surface area (Å²) in [6.07, 6.45) is 3.90. The molecule has 2 fully saturated rings. The molecule has 110 valence electrons. The van der Waals surface area contributed by atoms with Gasteiger partial charge in [0.05, 0.1) is 0 Å². The minimum absolute atomic E-state index is 0. The second kappa shape index (κ2) is 6.95. The fourth-order valence-corrected chi connectivity index (χ4v) is 3.07. The molecule has 20 heavy (non-hydrogen) atoms. The Hall–Kier alpha value is -1.26. The number of fused-ring (bicyclic) bond motifs is 1. The van der Waals surface area contributed by atoms with Gasteiger partial charge in [0.2, 0.25) is 0 Å². The van der Waals surface area contributed by atoms with E-state index in [0.29, 0.717) is 12.0 Å². The molecule has 1 aliphatic heterocycles. The van der Waals surface area contributed by atoms with Crippen LogP contribution in [0.15, 0.2) is 30.3 Å². The SMILES string of the molecule is Cl.O=C(OCc1ccccc1)OC1CC2CCCC2N1. The van der Waals surface area contributed by atoms with E-state index in [0.717, 1.165) is 12.0 Å².